The largest absolute Gasteiger partial charge is 0.497 e. The van der Waals surface area contributed by atoms with Gasteiger partial charge in [0.2, 0.25) is 5.91 Å². The van der Waals surface area contributed by atoms with Gasteiger partial charge in [0, 0.05) is 12.1 Å². The van der Waals surface area contributed by atoms with Gasteiger partial charge < -0.3 is 9.64 Å². The molecule has 2 aromatic carbocycles. The standard InChI is InChI=1S/C17H17NO2.ClH/c1-20-15-9-6-13(7-10-15)12-18-16-5-3-2-4-14(16)8-11-17(18)19;/h2-7,9-10H,8,11-12H2,1H3;1H. The topological polar surface area (TPSA) is 29.5 Å². The Balaban J connectivity index is 0.00000161. The van der Waals surface area contributed by atoms with E-state index < -0.39 is 0 Å². The first-order valence-electron chi connectivity index (χ1n) is 6.79. The van der Waals surface area contributed by atoms with Crippen molar-refractivity contribution in [2.45, 2.75) is 19.4 Å². The van der Waals surface area contributed by atoms with Gasteiger partial charge >= 0.3 is 0 Å². The third-order valence-corrected chi connectivity index (χ3v) is 3.69. The highest BCUT2D eigenvalue weighted by Crippen LogP contribution is 2.29. The first-order chi connectivity index (χ1) is 9.78. The maximum atomic E-state index is 12.2. The molecule has 1 heterocycles. The van der Waals surface area contributed by atoms with Gasteiger partial charge in [-0.25, -0.2) is 0 Å². The number of hydrogen-bond acceptors (Lipinski definition) is 2. The van der Waals surface area contributed by atoms with Crippen LogP contribution in [0.25, 0.3) is 0 Å². The van der Waals surface area contributed by atoms with E-state index in [1.165, 1.54) is 5.56 Å². The number of rotatable bonds is 3. The smallest absolute Gasteiger partial charge is 0.227 e. The van der Waals surface area contributed by atoms with Crippen LogP contribution in [0.3, 0.4) is 0 Å². The second kappa shape index (κ2) is 6.64. The van der Waals surface area contributed by atoms with E-state index in [4.69, 9.17) is 4.74 Å². The van der Waals surface area contributed by atoms with Crippen molar-refractivity contribution in [1.29, 1.82) is 0 Å². The summed E-state index contributed by atoms with van der Waals surface area (Å²) in [7, 11) is 1.65. The number of fused-ring (bicyclic) bond motifs is 1. The van der Waals surface area contributed by atoms with Gasteiger partial charge in [0.1, 0.15) is 5.75 Å². The van der Waals surface area contributed by atoms with Crippen molar-refractivity contribution in [2.24, 2.45) is 0 Å². The van der Waals surface area contributed by atoms with E-state index >= 15 is 0 Å². The Morgan fingerprint density at radius 3 is 2.48 bits per heavy atom. The van der Waals surface area contributed by atoms with Crippen molar-refractivity contribution in [3.8, 4) is 5.75 Å². The Bertz CT molecular complexity index is 625. The molecule has 1 aliphatic heterocycles. The number of aryl methyl sites for hydroxylation is 1. The predicted molar refractivity (Wildman–Crippen MR) is 86.2 cm³/mol. The molecular weight excluding hydrogens is 286 g/mol. The van der Waals surface area contributed by atoms with Gasteiger partial charge in [0.05, 0.1) is 13.7 Å². The monoisotopic (exact) mass is 303 g/mol. The van der Waals surface area contributed by atoms with Gasteiger partial charge in [-0.3, -0.25) is 4.79 Å². The minimum atomic E-state index is 0. The molecule has 0 unspecified atom stereocenters. The third-order valence-electron chi connectivity index (χ3n) is 3.69. The SMILES string of the molecule is COc1ccc(CN2C(=O)CCc3ccccc32)cc1.Cl. The van der Waals surface area contributed by atoms with E-state index in [0.29, 0.717) is 13.0 Å². The molecule has 110 valence electrons. The average molecular weight is 304 g/mol. The van der Waals surface area contributed by atoms with E-state index in [2.05, 4.69) is 6.07 Å². The molecule has 0 bridgehead atoms. The number of ether oxygens (including phenoxy) is 1. The number of hydrogen-bond donors (Lipinski definition) is 0. The number of para-hydroxylation sites is 1. The zero-order valence-corrected chi connectivity index (χ0v) is 12.7. The number of benzene rings is 2. The lowest BCUT2D eigenvalue weighted by Crippen LogP contribution is -2.34. The van der Waals surface area contributed by atoms with Crippen LogP contribution in [-0.2, 0) is 17.8 Å². The molecule has 0 saturated heterocycles. The number of carbonyl (C=O) groups is 1. The average Bonchev–Trinajstić information content (AvgIpc) is 2.51. The fourth-order valence-electron chi connectivity index (χ4n) is 2.58. The fourth-order valence-corrected chi connectivity index (χ4v) is 2.58. The summed E-state index contributed by atoms with van der Waals surface area (Å²) in [6, 6.07) is 16.0. The van der Waals surface area contributed by atoms with Crippen LogP contribution in [0.2, 0.25) is 0 Å². The number of nitrogens with zero attached hydrogens (tertiary/aromatic N) is 1. The molecule has 4 heteroatoms. The highest BCUT2D eigenvalue weighted by molar-refractivity contribution is 5.96. The lowest BCUT2D eigenvalue weighted by Gasteiger charge is -2.29. The normalized spacial score (nSPS) is 13.4. The number of methoxy groups -OCH3 is 1. The summed E-state index contributed by atoms with van der Waals surface area (Å²) in [4.78, 5) is 14.1. The summed E-state index contributed by atoms with van der Waals surface area (Å²) < 4.78 is 5.16. The van der Waals surface area contributed by atoms with Crippen LogP contribution in [0, 0.1) is 0 Å². The molecule has 0 aliphatic carbocycles. The zero-order chi connectivity index (χ0) is 13.9. The van der Waals surface area contributed by atoms with E-state index in [-0.39, 0.29) is 18.3 Å². The molecule has 3 nitrogen and oxygen atoms in total. The summed E-state index contributed by atoms with van der Waals surface area (Å²) in [6.07, 6.45) is 1.43. The second-order valence-electron chi connectivity index (χ2n) is 4.96. The van der Waals surface area contributed by atoms with E-state index in [9.17, 15) is 4.79 Å². The Labute approximate surface area is 130 Å². The molecule has 0 saturated carbocycles. The Hall–Kier alpha value is -2.00. The van der Waals surface area contributed by atoms with Crippen LogP contribution in [0.1, 0.15) is 17.5 Å². The number of halogens is 1. The van der Waals surface area contributed by atoms with Crippen molar-refractivity contribution in [3.63, 3.8) is 0 Å². The molecule has 21 heavy (non-hydrogen) atoms. The number of carbonyl (C=O) groups excluding carboxylic acids is 1. The molecule has 3 rings (SSSR count). The van der Waals surface area contributed by atoms with E-state index in [1.807, 2.05) is 47.4 Å². The van der Waals surface area contributed by atoms with Crippen molar-refractivity contribution < 1.29 is 9.53 Å². The van der Waals surface area contributed by atoms with Crippen LogP contribution in [0.5, 0.6) is 5.75 Å². The number of amides is 1. The van der Waals surface area contributed by atoms with Gasteiger partial charge in [0.25, 0.3) is 0 Å². The summed E-state index contributed by atoms with van der Waals surface area (Å²) in [5, 5.41) is 0. The second-order valence-corrected chi connectivity index (χ2v) is 4.96. The van der Waals surface area contributed by atoms with Crippen molar-refractivity contribution in [1.82, 2.24) is 0 Å². The molecule has 0 fully saturated rings. The summed E-state index contributed by atoms with van der Waals surface area (Å²) in [6.45, 7) is 0.611. The van der Waals surface area contributed by atoms with Crippen molar-refractivity contribution in [3.05, 3.63) is 59.7 Å². The minimum Gasteiger partial charge on any atom is -0.497 e. The van der Waals surface area contributed by atoms with Gasteiger partial charge in [-0.05, 0) is 35.7 Å². The molecule has 1 aliphatic rings. The first-order valence-corrected chi connectivity index (χ1v) is 6.79. The number of anilines is 1. The molecule has 0 spiro atoms. The van der Waals surface area contributed by atoms with E-state index in [1.54, 1.807) is 7.11 Å². The zero-order valence-electron chi connectivity index (χ0n) is 11.9. The summed E-state index contributed by atoms with van der Waals surface area (Å²) in [5.41, 5.74) is 3.40. The molecular formula is C17H18ClNO2. The van der Waals surface area contributed by atoms with Crippen LogP contribution < -0.4 is 9.64 Å². The Kier molecular flexibility index (Phi) is 4.86. The van der Waals surface area contributed by atoms with Crippen LogP contribution in [0.15, 0.2) is 48.5 Å². The van der Waals surface area contributed by atoms with Gasteiger partial charge in [-0.1, -0.05) is 30.3 Å². The Morgan fingerprint density at radius 2 is 1.76 bits per heavy atom. The molecule has 0 aromatic heterocycles. The maximum Gasteiger partial charge on any atom is 0.227 e. The summed E-state index contributed by atoms with van der Waals surface area (Å²) >= 11 is 0. The van der Waals surface area contributed by atoms with Crippen molar-refractivity contribution in [2.75, 3.05) is 12.0 Å². The molecule has 0 N–H and O–H groups in total. The van der Waals surface area contributed by atoms with Gasteiger partial charge in [-0.2, -0.15) is 0 Å². The quantitative estimate of drug-likeness (QED) is 0.867. The molecule has 1 amide bonds. The minimum absolute atomic E-state index is 0. The van der Waals surface area contributed by atoms with Crippen LogP contribution in [0.4, 0.5) is 5.69 Å². The highest BCUT2D eigenvalue weighted by atomic mass is 35.5. The summed E-state index contributed by atoms with van der Waals surface area (Å²) in [5.74, 6) is 1.03. The maximum absolute atomic E-state index is 12.2. The molecule has 0 atom stereocenters. The molecule has 0 radical (unpaired) electrons. The lowest BCUT2D eigenvalue weighted by molar-refractivity contribution is -0.119. The lowest BCUT2D eigenvalue weighted by atomic mass is 10.0. The third kappa shape index (κ3) is 3.19. The molecule has 2 aromatic rings. The van der Waals surface area contributed by atoms with Crippen LogP contribution in [-0.4, -0.2) is 13.0 Å². The first kappa shape index (κ1) is 15.4. The van der Waals surface area contributed by atoms with Gasteiger partial charge in [-0.15, -0.1) is 12.4 Å². The van der Waals surface area contributed by atoms with Gasteiger partial charge in [0.15, 0.2) is 0 Å². The Morgan fingerprint density at radius 1 is 1.05 bits per heavy atom. The van der Waals surface area contributed by atoms with Crippen LogP contribution >= 0.6 is 12.4 Å². The van der Waals surface area contributed by atoms with E-state index in [0.717, 1.165) is 23.4 Å². The highest BCUT2D eigenvalue weighted by Gasteiger charge is 2.23. The predicted octanol–water partition coefficient (Wildman–Crippen LogP) is 3.60. The fraction of sp³-hybridized carbons (Fsp3) is 0.235. The van der Waals surface area contributed by atoms with Crippen molar-refractivity contribution >= 4 is 24.0 Å².